The second-order valence-corrected chi connectivity index (χ2v) is 12.0. The van der Waals surface area contributed by atoms with Crippen molar-refractivity contribution >= 4 is 5.91 Å². The maximum atomic E-state index is 13.5. The molecule has 2 aliphatic carbocycles. The highest BCUT2D eigenvalue weighted by Crippen LogP contribution is 2.50. The van der Waals surface area contributed by atoms with Crippen LogP contribution in [0.1, 0.15) is 72.1 Å². The van der Waals surface area contributed by atoms with Gasteiger partial charge in [-0.1, -0.05) is 0 Å². The highest BCUT2D eigenvalue weighted by Gasteiger charge is 2.57. The van der Waals surface area contributed by atoms with E-state index in [9.17, 15) is 36.2 Å². The molecule has 1 heterocycles. The van der Waals surface area contributed by atoms with Crippen molar-refractivity contribution in [3.63, 3.8) is 0 Å². The molecular weight excluding hydrogens is 490 g/mol. The highest BCUT2D eigenvalue weighted by atomic mass is 19.4. The minimum absolute atomic E-state index is 0.00387. The number of rotatable bonds is 6. The van der Waals surface area contributed by atoms with Gasteiger partial charge in [-0.3, -0.25) is 9.69 Å². The van der Waals surface area contributed by atoms with Crippen LogP contribution in [0.4, 0.5) is 26.3 Å². The fraction of sp³-hybridized carbons (Fsp3) is 0.960. The van der Waals surface area contributed by atoms with Crippen molar-refractivity contribution in [1.29, 1.82) is 0 Å². The fourth-order valence-corrected chi connectivity index (χ4v) is 6.54. The normalized spacial score (nSPS) is 34.1. The Bertz CT molecular complexity index is 753. The van der Waals surface area contributed by atoms with Crippen molar-refractivity contribution in [1.82, 2.24) is 10.2 Å². The summed E-state index contributed by atoms with van der Waals surface area (Å²) in [4.78, 5) is 15.7. The van der Waals surface area contributed by atoms with Gasteiger partial charge in [0, 0.05) is 31.3 Å². The van der Waals surface area contributed by atoms with E-state index in [-0.39, 0.29) is 18.1 Å². The van der Waals surface area contributed by atoms with E-state index in [1.54, 1.807) is 13.8 Å². The third-order valence-electron chi connectivity index (χ3n) is 9.35. The van der Waals surface area contributed by atoms with Gasteiger partial charge in [-0.2, -0.15) is 26.3 Å². The van der Waals surface area contributed by atoms with Gasteiger partial charge in [0.2, 0.25) is 5.91 Å². The molecule has 0 bridgehead atoms. The van der Waals surface area contributed by atoms with E-state index in [0.29, 0.717) is 32.5 Å². The zero-order chi connectivity index (χ0) is 27.2. The number of nitrogens with zero attached hydrogens (tertiary/aromatic N) is 1. The van der Waals surface area contributed by atoms with Crippen molar-refractivity contribution in [3.8, 4) is 0 Å². The Balaban J connectivity index is 1.71. The van der Waals surface area contributed by atoms with Gasteiger partial charge in [-0.15, -0.1) is 0 Å². The largest absolute Gasteiger partial charge is 0.391 e. The lowest BCUT2D eigenvalue weighted by atomic mass is 9.70. The van der Waals surface area contributed by atoms with Crippen LogP contribution in [-0.2, 0) is 9.53 Å². The number of aliphatic hydroxyl groups is 1. The maximum Gasteiger partial charge on any atom is 0.391 e. The molecule has 0 aromatic rings. The average Bonchev–Trinajstić information content (AvgIpc) is 3.23. The molecule has 0 spiro atoms. The second-order valence-electron chi connectivity index (χ2n) is 12.0. The van der Waals surface area contributed by atoms with Gasteiger partial charge in [-0.05, 0) is 85.1 Å². The molecule has 5 nitrogen and oxygen atoms in total. The smallest absolute Gasteiger partial charge is 0.389 e. The van der Waals surface area contributed by atoms with Gasteiger partial charge in [0.25, 0.3) is 0 Å². The molecule has 3 rings (SSSR count). The number of hydrogen-bond donors (Lipinski definition) is 2. The van der Waals surface area contributed by atoms with Crippen LogP contribution < -0.4 is 5.32 Å². The first kappa shape index (κ1) is 29.5. The Labute approximate surface area is 209 Å². The van der Waals surface area contributed by atoms with Crippen LogP contribution >= 0.6 is 0 Å². The lowest BCUT2D eigenvalue weighted by Gasteiger charge is -2.46. The standard InChI is InChI=1S/C25H40F6N2O3/c1-21(2,35)23(6-5-19(14-23)33(4)22(3)7-9-36-10-8-22)20(34)32-15-16-11-17(24(26,27)28)13-18(12-16)25(29,30)31/h16-19,35H,5-15H2,1-4H3,(H,32,34). The summed E-state index contributed by atoms with van der Waals surface area (Å²) in [6, 6.07) is 0.00387. The summed E-state index contributed by atoms with van der Waals surface area (Å²) in [5.74, 6) is -5.54. The van der Waals surface area contributed by atoms with Gasteiger partial charge in [0.15, 0.2) is 0 Å². The molecule has 0 aromatic heterocycles. The molecule has 1 amide bonds. The zero-order valence-corrected chi connectivity index (χ0v) is 21.6. The summed E-state index contributed by atoms with van der Waals surface area (Å²) in [5.41, 5.74) is -2.72. The summed E-state index contributed by atoms with van der Waals surface area (Å²) in [7, 11) is 2.00. The van der Waals surface area contributed by atoms with E-state index in [4.69, 9.17) is 4.74 Å². The van der Waals surface area contributed by atoms with E-state index in [0.717, 1.165) is 12.8 Å². The van der Waals surface area contributed by atoms with Gasteiger partial charge in [0.1, 0.15) is 0 Å². The van der Waals surface area contributed by atoms with Crippen LogP contribution in [0.2, 0.25) is 0 Å². The zero-order valence-electron chi connectivity index (χ0n) is 21.6. The first-order chi connectivity index (χ1) is 16.4. The Kier molecular flexibility index (Phi) is 8.39. The summed E-state index contributed by atoms with van der Waals surface area (Å²) < 4.78 is 85.5. The third kappa shape index (κ3) is 6.14. The van der Waals surface area contributed by atoms with Crippen LogP contribution in [0, 0.1) is 23.2 Å². The number of ether oxygens (including phenoxy) is 1. The van der Waals surface area contributed by atoms with E-state index in [1.165, 1.54) is 0 Å². The number of alkyl halides is 6. The van der Waals surface area contributed by atoms with Crippen LogP contribution in [0.3, 0.4) is 0 Å². The summed E-state index contributed by atoms with van der Waals surface area (Å²) in [5, 5.41) is 13.7. The summed E-state index contributed by atoms with van der Waals surface area (Å²) >= 11 is 0. The predicted molar refractivity (Wildman–Crippen MR) is 122 cm³/mol. The topological polar surface area (TPSA) is 61.8 Å². The Morgan fingerprint density at radius 2 is 1.53 bits per heavy atom. The molecule has 0 aromatic carbocycles. The molecule has 3 fully saturated rings. The van der Waals surface area contributed by atoms with Crippen LogP contribution in [-0.4, -0.2) is 72.3 Å². The molecular formula is C25H40F6N2O3. The Morgan fingerprint density at radius 3 is 2.00 bits per heavy atom. The van der Waals surface area contributed by atoms with E-state index in [2.05, 4.69) is 17.1 Å². The van der Waals surface area contributed by atoms with Gasteiger partial charge in [-0.25, -0.2) is 0 Å². The van der Waals surface area contributed by atoms with Crippen LogP contribution in [0.5, 0.6) is 0 Å². The van der Waals surface area contributed by atoms with Crippen molar-refractivity contribution in [3.05, 3.63) is 0 Å². The number of nitrogens with one attached hydrogen (secondary N) is 1. The molecule has 36 heavy (non-hydrogen) atoms. The quantitative estimate of drug-likeness (QED) is 0.471. The SMILES string of the molecule is CN(C1CCC(C(=O)NCC2CC(C(F)(F)F)CC(C(F)(F)F)C2)(C(C)(C)O)C1)C1(C)CCOCC1. The highest BCUT2D eigenvalue weighted by molar-refractivity contribution is 5.84. The van der Waals surface area contributed by atoms with Gasteiger partial charge >= 0.3 is 12.4 Å². The van der Waals surface area contributed by atoms with Crippen molar-refractivity contribution in [2.75, 3.05) is 26.8 Å². The molecule has 0 radical (unpaired) electrons. The Hall–Kier alpha value is -1.07. The van der Waals surface area contributed by atoms with E-state index >= 15 is 0 Å². The Morgan fingerprint density at radius 1 is 1.00 bits per heavy atom. The van der Waals surface area contributed by atoms with E-state index < -0.39 is 66.3 Å². The number of amides is 1. The first-order valence-electron chi connectivity index (χ1n) is 12.8. The molecule has 11 heteroatoms. The molecule has 1 saturated heterocycles. The third-order valence-corrected chi connectivity index (χ3v) is 9.35. The average molecular weight is 531 g/mol. The molecule has 2 N–H and O–H groups in total. The minimum atomic E-state index is -4.72. The molecule has 4 unspecified atom stereocenters. The van der Waals surface area contributed by atoms with E-state index in [1.807, 2.05) is 7.05 Å². The van der Waals surface area contributed by atoms with Crippen LogP contribution in [0.25, 0.3) is 0 Å². The van der Waals surface area contributed by atoms with Crippen LogP contribution in [0.15, 0.2) is 0 Å². The first-order valence-corrected chi connectivity index (χ1v) is 12.8. The molecule has 4 atom stereocenters. The lowest BCUT2D eigenvalue weighted by Crippen LogP contribution is -2.56. The monoisotopic (exact) mass is 530 g/mol. The van der Waals surface area contributed by atoms with Gasteiger partial charge in [0.05, 0.1) is 22.9 Å². The number of carbonyl (C=O) groups is 1. The molecule has 3 aliphatic rings. The molecule has 2 saturated carbocycles. The van der Waals surface area contributed by atoms with Crippen molar-refractivity contribution in [2.24, 2.45) is 23.2 Å². The number of hydrogen-bond acceptors (Lipinski definition) is 4. The van der Waals surface area contributed by atoms with Crippen molar-refractivity contribution < 1.29 is 41.0 Å². The summed E-state index contributed by atoms with van der Waals surface area (Å²) in [6.07, 6.45) is -8.23. The molecule has 210 valence electrons. The summed E-state index contributed by atoms with van der Waals surface area (Å²) in [6.45, 7) is 6.26. The maximum absolute atomic E-state index is 13.5. The molecule has 1 aliphatic heterocycles. The second kappa shape index (κ2) is 10.2. The number of carbonyl (C=O) groups excluding carboxylic acids is 1. The fourth-order valence-electron chi connectivity index (χ4n) is 6.54. The minimum Gasteiger partial charge on any atom is -0.389 e. The van der Waals surface area contributed by atoms with Crippen molar-refractivity contribution in [2.45, 2.75) is 102 Å². The van der Waals surface area contributed by atoms with Gasteiger partial charge < -0.3 is 15.2 Å². The predicted octanol–water partition coefficient (Wildman–Crippen LogP) is 5.07. The number of halogens is 6. The lowest BCUT2D eigenvalue weighted by molar-refractivity contribution is -0.228.